The van der Waals surface area contributed by atoms with E-state index in [1.165, 1.54) is 4.90 Å². The standard InChI is InChI=1S/C14H13NOS/c1-2-17-13-8-6-11(7-9-13)14-5-3-4-12(10-16)15-14/h3-10H,2H2,1H3. The third-order valence-corrected chi connectivity index (χ3v) is 3.25. The molecule has 0 saturated heterocycles. The maximum atomic E-state index is 10.7. The van der Waals surface area contributed by atoms with Crippen molar-refractivity contribution in [3.8, 4) is 11.3 Å². The molecule has 1 aromatic heterocycles. The lowest BCUT2D eigenvalue weighted by molar-refractivity contribution is 0.111. The van der Waals surface area contributed by atoms with Crippen LogP contribution in [-0.4, -0.2) is 17.0 Å². The van der Waals surface area contributed by atoms with Gasteiger partial charge in [0, 0.05) is 10.5 Å². The normalized spacial score (nSPS) is 10.2. The topological polar surface area (TPSA) is 30.0 Å². The van der Waals surface area contributed by atoms with Gasteiger partial charge in [0.25, 0.3) is 0 Å². The maximum absolute atomic E-state index is 10.7. The van der Waals surface area contributed by atoms with Crippen molar-refractivity contribution < 1.29 is 4.79 Å². The molecule has 0 radical (unpaired) electrons. The molecule has 0 amide bonds. The van der Waals surface area contributed by atoms with Crippen LogP contribution in [0, 0.1) is 0 Å². The Bertz CT molecular complexity index is 508. The number of nitrogens with zero attached hydrogens (tertiary/aromatic N) is 1. The molecule has 17 heavy (non-hydrogen) atoms. The van der Waals surface area contributed by atoms with Crippen LogP contribution in [0.15, 0.2) is 47.4 Å². The molecule has 0 aliphatic heterocycles. The zero-order valence-corrected chi connectivity index (χ0v) is 10.4. The Morgan fingerprint density at radius 3 is 2.59 bits per heavy atom. The molecular formula is C14H13NOS. The first-order valence-corrected chi connectivity index (χ1v) is 6.47. The van der Waals surface area contributed by atoms with Gasteiger partial charge in [-0.15, -0.1) is 11.8 Å². The maximum Gasteiger partial charge on any atom is 0.168 e. The quantitative estimate of drug-likeness (QED) is 0.606. The number of rotatable bonds is 4. The summed E-state index contributed by atoms with van der Waals surface area (Å²) in [6.07, 6.45) is 0.769. The fraction of sp³-hybridized carbons (Fsp3) is 0.143. The Morgan fingerprint density at radius 1 is 1.18 bits per heavy atom. The lowest BCUT2D eigenvalue weighted by atomic mass is 10.1. The minimum absolute atomic E-state index is 0.467. The summed E-state index contributed by atoms with van der Waals surface area (Å²) in [4.78, 5) is 16.2. The zero-order valence-electron chi connectivity index (χ0n) is 9.59. The average Bonchev–Trinajstić information content (AvgIpc) is 2.40. The third-order valence-electron chi connectivity index (χ3n) is 2.35. The predicted octanol–water partition coefficient (Wildman–Crippen LogP) is 3.67. The van der Waals surface area contributed by atoms with Gasteiger partial charge in [-0.1, -0.05) is 25.1 Å². The van der Waals surface area contributed by atoms with Crippen LogP contribution in [0.2, 0.25) is 0 Å². The molecule has 2 rings (SSSR count). The molecule has 2 aromatic rings. The molecule has 0 N–H and O–H groups in total. The molecule has 0 aliphatic rings. The van der Waals surface area contributed by atoms with E-state index in [0.717, 1.165) is 23.3 Å². The summed E-state index contributed by atoms with van der Waals surface area (Å²) >= 11 is 1.81. The Hall–Kier alpha value is -1.61. The van der Waals surface area contributed by atoms with Gasteiger partial charge in [-0.2, -0.15) is 0 Å². The molecule has 0 spiro atoms. The molecule has 1 heterocycles. The molecule has 86 valence electrons. The fourth-order valence-electron chi connectivity index (χ4n) is 1.57. The molecule has 2 nitrogen and oxygen atoms in total. The minimum Gasteiger partial charge on any atom is -0.296 e. The summed E-state index contributed by atoms with van der Waals surface area (Å²) < 4.78 is 0. The summed E-state index contributed by atoms with van der Waals surface area (Å²) in [5.74, 6) is 1.07. The van der Waals surface area contributed by atoms with Gasteiger partial charge in [0.1, 0.15) is 5.69 Å². The smallest absolute Gasteiger partial charge is 0.168 e. The van der Waals surface area contributed by atoms with Gasteiger partial charge in [-0.3, -0.25) is 4.79 Å². The Morgan fingerprint density at radius 2 is 1.94 bits per heavy atom. The predicted molar refractivity (Wildman–Crippen MR) is 71.5 cm³/mol. The van der Waals surface area contributed by atoms with E-state index < -0.39 is 0 Å². The summed E-state index contributed by atoms with van der Waals surface area (Å²) in [6.45, 7) is 2.13. The minimum atomic E-state index is 0.467. The van der Waals surface area contributed by atoms with Gasteiger partial charge < -0.3 is 0 Å². The van der Waals surface area contributed by atoms with Crippen molar-refractivity contribution in [3.63, 3.8) is 0 Å². The van der Waals surface area contributed by atoms with E-state index in [0.29, 0.717) is 5.69 Å². The van der Waals surface area contributed by atoms with Gasteiger partial charge >= 0.3 is 0 Å². The number of carbonyl (C=O) groups excluding carboxylic acids is 1. The molecule has 0 aliphatic carbocycles. The molecule has 1 aromatic carbocycles. The number of aromatic nitrogens is 1. The first-order chi connectivity index (χ1) is 8.33. The lowest BCUT2D eigenvalue weighted by Crippen LogP contribution is -1.89. The highest BCUT2D eigenvalue weighted by Crippen LogP contribution is 2.22. The number of pyridine rings is 1. The van der Waals surface area contributed by atoms with E-state index in [1.54, 1.807) is 6.07 Å². The van der Waals surface area contributed by atoms with Crippen LogP contribution < -0.4 is 0 Å². The molecule has 0 fully saturated rings. The Labute approximate surface area is 105 Å². The van der Waals surface area contributed by atoms with E-state index in [-0.39, 0.29) is 0 Å². The van der Waals surface area contributed by atoms with Crippen LogP contribution >= 0.6 is 11.8 Å². The summed E-state index contributed by atoms with van der Waals surface area (Å²) in [7, 11) is 0. The molecule has 0 saturated carbocycles. The highest BCUT2D eigenvalue weighted by molar-refractivity contribution is 7.99. The van der Waals surface area contributed by atoms with Crippen LogP contribution in [0.25, 0.3) is 11.3 Å². The van der Waals surface area contributed by atoms with Crippen molar-refractivity contribution in [1.82, 2.24) is 4.98 Å². The monoisotopic (exact) mass is 243 g/mol. The van der Waals surface area contributed by atoms with E-state index in [1.807, 2.05) is 36.0 Å². The second-order valence-electron chi connectivity index (χ2n) is 3.52. The van der Waals surface area contributed by atoms with E-state index in [2.05, 4.69) is 24.0 Å². The van der Waals surface area contributed by atoms with Crippen molar-refractivity contribution in [1.29, 1.82) is 0 Å². The number of hydrogen-bond donors (Lipinski definition) is 0. The number of thioether (sulfide) groups is 1. The zero-order chi connectivity index (χ0) is 12.1. The molecule has 3 heteroatoms. The summed E-state index contributed by atoms with van der Waals surface area (Å²) in [5, 5.41) is 0. The van der Waals surface area contributed by atoms with Gasteiger partial charge in [0.05, 0.1) is 5.69 Å². The van der Waals surface area contributed by atoms with Crippen LogP contribution in [-0.2, 0) is 0 Å². The van der Waals surface area contributed by atoms with Gasteiger partial charge in [0.15, 0.2) is 6.29 Å². The van der Waals surface area contributed by atoms with Gasteiger partial charge in [-0.25, -0.2) is 4.98 Å². The third kappa shape index (κ3) is 2.94. The Balaban J connectivity index is 2.29. The van der Waals surface area contributed by atoms with E-state index in [4.69, 9.17) is 0 Å². The Kier molecular flexibility index (Phi) is 3.94. The largest absolute Gasteiger partial charge is 0.296 e. The van der Waals surface area contributed by atoms with Crippen LogP contribution in [0.3, 0.4) is 0 Å². The molecule has 0 bridgehead atoms. The number of aldehydes is 1. The second kappa shape index (κ2) is 5.64. The molecule has 0 unspecified atom stereocenters. The first kappa shape index (κ1) is 11.9. The highest BCUT2D eigenvalue weighted by Gasteiger charge is 2.00. The number of hydrogen-bond acceptors (Lipinski definition) is 3. The molecular weight excluding hydrogens is 230 g/mol. The van der Waals surface area contributed by atoms with Crippen LogP contribution in [0.5, 0.6) is 0 Å². The summed E-state index contributed by atoms with van der Waals surface area (Å²) in [5.41, 5.74) is 2.34. The van der Waals surface area contributed by atoms with Crippen molar-refractivity contribution in [2.75, 3.05) is 5.75 Å². The second-order valence-corrected chi connectivity index (χ2v) is 4.86. The fourth-order valence-corrected chi connectivity index (χ4v) is 2.23. The van der Waals surface area contributed by atoms with Crippen LogP contribution in [0.4, 0.5) is 0 Å². The van der Waals surface area contributed by atoms with Crippen molar-refractivity contribution >= 4 is 18.0 Å². The van der Waals surface area contributed by atoms with Gasteiger partial charge in [-0.05, 0) is 30.0 Å². The molecule has 0 atom stereocenters. The van der Waals surface area contributed by atoms with Crippen molar-refractivity contribution in [2.24, 2.45) is 0 Å². The lowest BCUT2D eigenvalue weighted by Gasteiger charge is -2.03. The van der Waals surface area contributed by atoms with E-state index >= 15 is 0 Å². The first-order valence-electron chi connectivity index (χ1n) is 5.49. The SMILES string of the molecule is CCSc1ccc(-c2cccc(C=O)n2)cc1. The average molecular weight is 243 g/mol. The van der Waals surface area contributed by atoms with Crippen LogP contribution in [0.1, 0.15) is 17.4 Å². The number of carbonyl (C=O) groups is 1. The van der Waals surface area contributed by atoms with Crippen molar-refractivity contribution in [2.45, 2.75) is 11.8 Å². The van der Waals surface area contributed by atoms with E-state index in [9.17, 15) is 4.79 Å². The summed E-state index contributed by atoms with van der Waals surface area (Å²) in [6, 6.07) is 13.7. The number of benzene rings is 1. The van der Waals surface area contributed by atoms with Crippen molar-refractivity contribution in [3.05, 3.63) is 48.2 Å². The van der Waals surface area contributed by atoms with Gasteiger partial charge in [0.2, 0.25) is 0 Å². The highest BCUT2D eigenvalue weighted by atomic mass is 32.2.